The van der Waals surface area contributed by atoms with E-state index in [1.54, 1.807) is 29.4 Å². The highest BCUT2D eigenvalue weighted by Crippen LogP contribution is 2.29. The molecule has 158 valence electrons. The van der Waals surface area contributed by atoms with Crippen molar-refractivity contribution >= 4 is 47.2 Å². The molecule has 0 radical (unpaired) electrons. The number of benzene rings is 1. The molecule has 5 nitrogen and oxygen atoms in total. The molecule has 2 N–H and O–H groups in total. The summed E-state index contributed by atoms with van der Waals surface area (Å²) in [6.07, 6.45) is -3.51. The van der Waals surface area contributed by atoms with Gasteiger partial charge in [0.25, 0.3) is 0 Å². The second-order valence-corrected chi connectivity index (χ2v) is 7.41. The van der Waals surface area contributed by atoms with Crippen LogP contribution in [-0.2, 0) is 30.5 Å². The maximum Gasteiger partial charge on any atom is 0.416 e. The summed E-state index contributed by atoms with van der Waals surface area (Å²) in [6.45, 7) is 1.53. The number of nitrogens with zero attached hydrogens (tertiary/aromatic N) is 2. The minimum Gasteiger partial charge on any atom is -0.352 e. The monoisotopic (exact) mass is 538 g/mol. The molecule has 1 aromatic carbocycles. The standard InChI is InChI=1S/C19H21F3N4OS.HI/c1-23-18(24-10-13-3-2-4-15(9-13)19(20,21)22)25-11-17(27)26-7-5-16-14(12-26)6-8-28-16;/h2-4,6,8-9H,5,7,10-12H2,1H3,(H2,23,24,25);1H. The number of hydrogen-bond acceptors (Lipinski definition) is 3. The first-order valence-corrected chi connectivity index (χ1v) is 9.68. The molecule has 0 atom stereocenters. The van der Waals surface area contributed by atoms with Crippen molar-refractivity contribution in [3.05, 3.63) is 57.3 Å². The Bertz CT molecular complexity index is 869. The zero-order valence-electron chi connectivity index (χ0n) is 15.8. The Kier molecular flexibility index (Phi) is 8.32. The average Bonchev–Trinajstić information content (AvgIpc) is 3.15. The molecule has 0 aliphatic carbocycles. The molecule has 3 rings (SSSR count). The number of aliphatic imine (C=N–C) groups is 1. The summed E-state index contributed by atoms with van der Waals surface area (Å²) >= 11 is 1.71. The third-order valence-corrected chi connectivity index (χ3v) is 5.53. The Morgan fingerprint density at radius 1 is 1.28 bits per heavy atom. The van der Waals surface area contributed by atoms with Crippen LogP contribution >= 0.6 is 35.3 Å². The number of thiophene rings is 1. The lowest BCUT2D eigenvalue weighted by atomic mass is 10.1. The summed E-state index contributed by atoms with van der Waals surface area (Å²) in [5, 5.41) is 7.90. The Labute approximate surface area is 188 Å². The number of alkyl halides is 3. The number of hydrogen-bond donors (Lipinski definition) is 2. The number of carbonyl (C=O) groups excluding carboxylic acids is 1. The minimum absolute atomic E-state index is 0. The smallest absolute Gasteiger partial charge is 0.352 e. The van der Waals surface area contributed by atoms with Crippen molar-refractivity contribution in [3.8, 4) is 0 Å². The molecule has 1 aromatic heterocycles. The van der Waals surface area contributed by atoms with E-state index < -0.39 is 11.7 Å². The zero-order chi connectivity index (χ0) is 20.1. The maximum atomic E-state index is 12.8. The van der Waals surface area contributed by atoms with Crippen molar-refractivity contribution in [2.45, 2.75) is 25.7 Å². The molecule has 0 unspecified atom stereocenters. The van der Waals surface area contributed by atoms with E-state index in [-0.39, 0.29) is 43.0 Å². The molecule has 0 fully saturated rings. The van der Waals surface area contributed by atoms with Crippen molar-refractivity contribution in [2.24, 2.45) is 4.99 Å². The van der Waals surface area contributed by atoms with Gasteiger partial charge in [-0.3, -0.25) is 9.79 Å². The van der Waals surface area contributed by atoms with Crippen LogP contribution in [0.5, 0.6) is 0 Å². The minimum atomic E-state index is -4.38. The molecule has 1 aliphatic rings. The number of amides is 1. The first-order chi connectivity index (χ1) is 13.4. The lowest BCUT2D eigenvalue weighted by Crippen LogP contribution is -2.45. The largest absolute Gasteiger partial charge is 0.416 e. The van der Waals surface area contributed by atoms with Gasteiger partial charge in [-0.25, -0.2) is 0 Å². The first kappa shape index (κ1) is 23.5. The van der Waals surface area contributed by atoms with Crippen molar-refractivity contribution in [3.63, 3.8) is 0 Å². The molecular formula is C19H22F3IN4OS. The van der Waals surface area contributed by atoms with Crippen molar-refractivity contribution in [1.82, 2.24) is 15.5 Å². The van der Waals surface area contributed by atoms with E-state index >= 15 is 0 Å². The summed E-state index contributed by atoms with van der Waals surface area (Å²) in [6, 6.07) is 7.15. The van der Waals surface area contributed by atoms with Gasteiger partial charge in [-0.2, -0.15) is 13.2 Å². The molecule has 2 aromatic rings. The second kappa shape index (κ2) is 10.3. The highest BCUT2D eigenvalue weighted by Gasteiger charge is 2.30. The van der Waals surface area contributed by atoms with Crippen LogP contribution in [0, 0.1) is 0 Å². The predicted molar refractivity (Wildman–Crippen MR) is 119 cm³/mol. The second-order valence-electron chi connectivity index (χ2n) is 6.41. The number of fused-ring (bicyclic) bond motifs is 1. The Morgan fingerprint density at radius 2 is 2.07 bits per heavy atom. The zero-order valence-corrected chi connectivity index (χ0v) is 18.9. The van der Waals surface area contributed by atoms with Crippen molar-refractivity contribution in [1.29, 1.82) is 0 Å². The molecule has 29 heavy (non-hydrogen) atoms. The van der Waals surface area contributed by atoms with E-state index in [0.29, 0.717) is 24.6 Å². The van der Waals surface area contributed by atoms with Gasteiger partial charge in [-0.15, -0.1) is 35.3 Å². The van der Waals surface area contributed by atoms with Crippen LogP contribution in [0.15, 0.2) is 40.7 Å². The maximum absolute atomic E-state index is 12.8. The third-order valence-electron chi connectivity index (χ3n) is 4.51. The van der Waals surface area contributed by atoms with E-state index in [1.165, 1.54) is 16.5 Å². The lowest BCUT2D eigenvalue weighted by Gasteiger charge is -2.27. The highest BCUT2D eigenvalue weighted by atomic mass is 127. The molecule has 0 saturated carbocycles. The van der Waals surface area contributed by atoms with E-state index in [1.807, 2.05) is 11.4 Å². The Hall–Kier alpha value is -1.82. The van der Waals surface area contributed by atoms with Crippen LogP contribution in [0.4, 0.5) is 13.2 Å². The van der Waals surface area contributed by atoms with Gasteiger partial charge in [0.05, 0.1) is 12.1 Å². The number of carbonyl (C=O) groups is 1. The van der Waals surface area contributed by atoms with Gasteiger partial charge in [0, 0.05) is 31.6 Å². The lowest BCUT2D eigenvalue weighted by molar-refractivity contribution is -0.137. The normalized spacial score (nSPS) is 14.1. The Balaban J connectivity index is 0.00000300. The van der Waals surface area contributed by atoms with E-state index in [4.69, 9.17) is 0 Å². The van der Waals surface area contributed by atoms with Crippen molar-refractivity contribution in [2.75, 3.05) is 20.1 Å². The van der Waals surface area contributed by atoms with Crippen molar-refractivity contribution < 1.29 is 18.0 Å². The number of rotatable bonds is 4. The molecule has 0 spiro atoms. The number of halogens is 4. The van der Waals surface area contributed by atoms with E-state index in [0.717, 1.165) is 18.6 Å². The molecule has 10 heteroatoms. The average molecular weight is 538 g/mol. The third kappa shape index (κ3) is 6.33. The number of nitrogens with one attached hydrogen (secondary N) is 2. The van der Waals surface area contributed by atoms with Gasteiger partial charge < -0.3 is 15.5 Å². The van der Waals surface area contributed by atoms with Crippen LogP contribution in [0.1, 0.15) is 21.6 Å². The van der Waals surface area contributed by atoms with Gasteiger partial charge >= 0.3 is 6.18 Å². The Morgan fingerprint density at radius 3 is 2.79 bits per heavy atom. The molecule has 1 aliphatic heterocycles. The molecule has 2 heterocycles. The summed E-state index contributed by atoms with van der Waals surface area (Å²) in [7, 11) is 1.55. The van der Waals surface area contributed by atoms with Gasteiger partial charge in [-0.1, -0.05) is 12.1 Å². The fourth-order valence-corrected chi connectivity index (χ4v) is 3.89. The first-order valence-electron chi connectivity index (χ1n) is 8.80. The van der Waals surface area contributed by atoms with Gasteiger partial charge in [-0.05, 0) is 41.1 Å². The van der Waals surface area contributed by atoms with Crippen LogP contribution in [0.3, 0.4) is 0 Å². The van der Waals surface area contributed by atoms with Gasteiger partial charge in [0.15, 0.2) is 5.96 Å². The van der Waals surface area contributed by atoms with E-state index in [9.17, 15) is 18.0 Å². The summed E-state index contributed by atoms with van der Waals surface area (Å²) in [5.74, 6) is 0.317. The fraction of sp³-hybridized carbons (Fsp3) is 0.368. The molecule has 0 bridgehead atoms. The summed E-state index contributed by atoms with van der Waals surface area (Å²) in [5.41, 5.74) is 0.976. The quantitative estimate of drug-likeness (QED) is 0.355. The molecular weight excluding hydrogens is 516 g/mol. The summed E-state index contributed by atoms with van der Waals surface area (Å²) < 4.78 is 38.4. The van der Waals surface area contributed by atoms with Crippen LogP contribution in [0.25, 0.3) is 0 Å². The predicted octanol–water partition coefficient (Wildman–Crippen LogP) is 3.63. The molecule has 1 amide bonds. The highest BCUT2D eigenvalue weighted by molar-refractivity contribution is 14.0. The van der Waals surface area contributed by atoms with Crippen LogP contribution < -0.4 is 10.6 Å². The van der Waals surface area contributed by atoms with Gasteiger partial charge in [0.1, 0.15) is 0 Å². The summed E-state index contributed by atoms with van der Waals surface area (Å²) in [4.78, 5) is 19.6. The van der Waals surface area contributed by atoms with Crippen LogP contribution in [-0.4, -0.2) is 36.9 Å². The van der Waals surface area contributed by atoms with Crippen LogP contribution in [0.2, 0.25) is 0 Å². The fourth-order valence-electron chi connectivity index (χ4n) is 3.00. The van der Waals surface area contributed by atoms with E-state index in [2.05, 4.69) is 15.6 Å². The van der Waals surface area contributed by atoms with Gasteiger partial charge in [0.2, 0.25) is 5.91 Å². The molecule has 0 saturated heterocycles. The SMILES string of the molecule is CN=C(NCC(=O)N1CCc2sccc2C1)NCc1cccc(C(F)(F)F)c1.I. The number of guanidine groups is 1. The topological polar surface area (TPSA) is 56.7 Å².